The van der Waals surface area contributed by atoms with Crippen LogP contribution in [0.4, 0.5) is 0 Å². The number of ether oxygens (including phenoxy) is 1. The van der Waals surface area contributed by atoms with Gasteiger partial charge in [-0.1, -0.05) is 41.9 Å². The number of hydrogen-bond donors (Lipinski definition) is 1. The van der Waals surface area contributed by atoms with E-state index >= 15 is 0 Å². The van der Waals surface area contributed by atoms with E-state index in [9.17, 15) is 4.79 Å². The van der Waals surface area contributed by atoms with Gasteiger partial charge in [0.25, 0.3) is 0 Å². The fourth-order valence-electron chi connectivity index (χ4n) is 2.36. The van der Waals surface area contributed by atoms with Crippen molar-refractivity contribution in [3.8, 4) is 5.75 Å². The Bertz CT molecular complexity index is 661. The molecule has 0 bridgehead atoms. The van der Waals surface area contributed by atoms with Gasteiger partial charge in [0.1, 0.15) is 5.75 Å². The molecule has 0 heterocycles. The first kappa shape index (κ1) is 19.7. The van der Waals surface area contributed by atoms with Crippen LogP contribution in [0.2, 0.25) is 5.02 Å². The first-order valence-corrected chi connectivity index (χ1v) is 10.0. The zero-order chi connectivity index (χ0) is 17.9. The fraction of sp³-hybridized carbons (Fsp3) is 0.350. The van der Waals surface area contributed by atoms with Crippen LogP contribution in [0.15, 0.2) is 48.5 Å². The molecule has 2 aromatic rings. The molecule has 134 valence electrons. The smallest absolute Gasteiger partial charge is 0.230 e. The minimum atomic E-state index is 0.0729. The molecule has 25 heavy (non-hydrogen) atoms. The minimum absolute atomic E-state index is 0.0729. The Labute approximate surface area is 159 Å². The molecule has 0 unspecified atom stereocenters. The number of nitrogens with one attached hydrogen (secondary N) is 1. The molecule has 2 aromatic carbocycles. The van der Waals surface area contributed by atoms with Crippen molar-refractivity contribution in [3.05, 3.63) is 64.7 Å². The summed E-state index contributed by atoms with van der Waals surface area (Å²) in [6.07, 6.45) is 1.87. The van der Waals surface area contributed by atoms with Crippen molar-refractivity contribution in [2.24, 2.45) is 0 Å². The molecular formula is C20H24ClNO2S. The van der Waals surface area contributed by atoms with Crippen molar-refractivity contribution < 1.29 is 9.53 Å². The molecular weight excluding hydrogens is 354 g/mol. The molecule has 0 radical (unpaired) electrons. The quantitative estimate of drug-likeness (QED) is 0.609. The lowest BCUT2D eigenvalue weighted by atomic mass is 10.1. The van der Waals surface area contributed by atoms with Crippen molar-refractivity contribution in [3.63, 3.8) is 0 Å². The topological polar surface area (TPSA) is 38.3 Å². The summed E-state index contributed by atoms with van der Waals surface area (Å²) in [5, 5.41) is 3.72. The zero-order valence-electron chi connectivity index (χ0n) is 14.5. The molecule has 0 atom stereocenters. The first-order chi connectivity index (χ1) is 12.2. The van der Waals surface area contributed by atoms with Gasteiger partial charge in [0.15, 0.2) is 0 Å². The highest BCUT2D eigenvalue weighted by atomic mass is 35.5. The van der Waals surface area contributed by atoms with E-state index in [2.05, 4.69) is 17.4 Å². The number of hydrogen-bond acceptors (Lipinski definition) is 3. The van der Waals surface area contributed by atoms with E-state index in [4.69, 9.17) is 16.3 Å². The van der Waals surface area contributed by atoms with Crippen LogP contribution in [-0.4, -0.2) is 24.8 Å². The third-order valence-electron chi connectivity index (χ3n) is 3.65. The van der Waals surface area contributed by atoms with Gasteiger partial charge in [0.05, 0.1) is 12.4 Å². The largest absolute Gasteiger partial charge is 0.494 e. The molecule has 1 N–H and O–H groups in total. The SMILES string of the molecule is CCOc1ccc(CCCNC(=O)CSCc2ccccc2Cl)cc1. The third-order valence-corrected chi connectivity index (χ3v) is 5.00. The van der Waals surface area contributed by atoms with Gasteiger partial charge in [0, 0.05) is 17.3 Å². The predicted molar refractivity (Wildman–Crippen MR) is 107 cm³/mol. The lowest BCUT2D eigenvalue weighted by Crippen LogP contribution is -2.26. The second-order valence-electron chi connectivity index (χ2n) is 5.61. The monoisotopic (exact) mass is 377 g/mol. The van der Waals surface area contributed by atoms with E-state index in [0.29, 0.717) is 18.9 Å². The number of thioether (sulfide) groups is 1. The molecule has 1 amide bonds. The molecule has 0 aliphatic carbocycles. The summed E-state index contributed by atoms with van der Waals surface area (Å²) < 4.78 is 5.43. The van der Waals surface area contributed by atoms with Gasteiger partial charge in [-0.05, 0) is 49.1 Å². The van der Waals surface area contributed by atoms with E-state index in [1.807, 2.05) is 43.3 Å². The van der Waals surface area contributed by atoms with E-state index in [0.717, 1.165) is 34.9 Å². The third kappa shape index (κ3) is 7.41. The van der Waals surface area contributed by atoms with Crippen LogP contribution in [0.25, 0.3) is 0 Å². The number of carbonyl (C=O) groups is 1. The van der Waals surface area contributed by atoms with Gasteiger partial charge in [-0.15, -0.1) is 11.8 Å². The standard InChI is InChI=1S/C20H24ClNO2S/c1-2-24-18-11-9-16(10-12-18)6-5-13-22-20(23)15-25-14-17-7-3-4-8-19(17)21/h3-4,7-12H,2,5-6,13-15H2,1H3,(H,22,23). The second-order valence-corrected chi connectivity index (χ2v) is 7.01. The highest BCUT2D eigenvalue weighted by molar-refractivity contribution is 7.99. The molecule has 0 saturated heterocycles. The number of rotatable bonds is 10. The number of amides is 1. The molecule has 0 fully saturated rings. The van der Waals surface area contributed by atoms with Crippen LogP contribution in [0.3, 0.4) is 0 Å². The van der Waals surface area contributed by atoms with Gasteiger partial charge in [-0.2, -0.15) is 0 Å². The van der Waals surface area contributed by atoms with Crippen LogP contribution < -0.4 is 10.1 Å². The summed E-state index contributed by atoms with van der Waals surface area (Å²) in [5.41, 5.74) is 2.32. The molecule has 3 nitrogen and oxygen atoms in total. The Kier molecular flexibility index (Phi) is 8.70. The number of benzene rings is 2. The molecule has 0 aliphatic rings. The summed E-state index contributed by atoms with van der Waals surface area (Å²) in [4.78, 5) is 11.9. The van der Waals surface area contributed by atoms with Crippen molar-refractivity contribution in [2.45, 2.75) is 25.5 Å². The number of aryl methyl sites for hydroxylation is 1. The molecule has 0 spiro atoms. The van der Waals surface area contributed by atoms with Crippen molar-refractivity contribution in [2.75, 3.05) is 18.9 Å². The highest BCUT2D eigenvalue weighted by Crippen LogP contribution is 2.20. The average molecular weight is 378 g/mol. The summed E-state index contributed by atoms with van der Waals surface area (Å²) in [6.45, 7) is 3.35. The van der Waals surface area contributed by atoms with Gasteiger partial charge in [0.2, 0.25) is 5.91 Å². The predicted octanol–water partition coefficient (Wildman–Crippen LogP) is 4.72. The summed E-state index contributed by atoms with van der Waals surface area (Å²) in [7, 11) is 0. The molecule has 0 aromatic heterocycles. The van der Waals surface area contributed by atoms with E-state index in [1.54, 1.807) is 11.8 Å². The molecule has 0 aliphatic heterocycles. The van der Waals surface area contributed by atoms with Gasteiger partial charge in [-0.3, -0.25) is 4.79 Å². The summed E-state index contributed by atoms with van der Waals surface area (Å²) >= 11 is 7.68. The van der Waals surface area contributed by atoms with Crippen LogP contribution in [0, 0.1) is 0 Å². The average Bonchev–Trinajstić information content (AvgIpc) is 2.62. The number of halogens is 1. The van der Waals surface area contributed by atoms with Crippen LogP contribution in [0.1, 0.15) is 24.5 Å². The van der Waals surface area contributed by atoms with Gasteiger partial charge in [-0.25, -0.2) is 0 Å². The van der Waals surface area contributed by atoms with Crippen LogP contribution in [0.5, 0.6) is 5.75 Å². The Morgan fingerprint density at radius 3 is 2.64 bits per heavy atom. The molecule has 2 rings (SSSR count). The second kappa shape index (κ2) is 11.1. The fourth-order valence-corrected chi connectivity index (χ4v) is 3.50. The maximum atomic E-state index is 11.9. The van der Waals surface area contributed by atoms with Crippen LogP contribution in [-0.2, 0) is 17.0 Å². The van der Waals surface area contributed by atoms with Crippen molar-refractivity contribution in [1.29, 1.82) is 0 Å². The molecule has 0 saturated carbocycles. The maximum Gasteiger partial charge on any atom is 0.230 e. The lowest BCUT2D eigenvalue weighted by Gasteiger charge is -2.07. The van der Waals surface area contributed by atoms with Gasteiger partial charge >= 0.3 is 0 Å². The summed E-state index contributed by atoms with van der Waals surface area (Å²) in [6, 6.07) is 15.9. The Hall–Kier alpha value is -1.65. The van der Waals surface area contributed by atoms with E-state index in [-0.39, 0.29) is 5.91 Å². The Balaban J connectivity index is 1.58. The first-order valence-electron chi connectivity index (χ1n) is 8.48. The van der Waals surface area contributed by atoms with Crippen LogP contribution >= 0.6 is 23.4 Å². The number of carbonyl (C=O) groups excluding carboxylic acids is 1. The Morgan fingerprint density at radius 2 is 1.92 bits per heavy atom. The van der Waals surface area contributed by atoms with Gasteiger partial charge < -0.3 is 10.1 Å². The zero-order valence-corrected chi connectivity index (χ0v) is 16.0. The van der Waals surface area contributed by atoms with E-state index in [1.165, 1.54) is 5.56 Å². The lowest BCUT2D eigenvalue weighted by molar-refractivity contribution is -0.118. The summed E-state index contributed by atoms with van der Waals surface area (Å²) in [5.74, 6) is 2.17. The maximum absolute atomic E-state index is 11.9. The normalized spacial score (nSPS) is 10.5. The van der Waals surface area contributed by atoms with Crippen molar-refractivity contribution >= 4 is 29.3 Å². The van der Waals surface area contributed by atoms with Crippen molar-refractivity contribution in [1.82, 2.24) is 5.32 Å². The molecule has 5 heteroatoms. The minimum Gasteiger partial charge on any atom is -0.494 e. The highest BCUT2D eigenvalue weighted by Gasteiger charge is 2.04. The Morgan fingerprint density at radius 1 is 1.16 bits per heavy atom. The van der Waals surface area contributed by atoms with E-state index < -0.39 is 0 Å².